The van der Waals surface area contributed by atoms with Crippen molar-refractivity contribution in [3.8, 4) is 0 Å². The summed E-state index contributed by atoms with van der Waals surface area (Å²) in [5.74, 6) is 0.667. The van der Waals surface area contributed by atoms with E-state index in [2.05, 4.69) is 0 Å². The van der Waals surface area contributed by atoms with Gasteiger partial charge in [0.1, 0.15) is 11.9 Å². The molecule has 1 aromatic carbocycles. The van der Waals surface area contributed by atoms with Crippen LogP contribution >= 0.6 is 0 Å². The third kappa shape index (κ3) is 2.18. The SMILES string of the molecule is C/C=C1/CC(c2ccccc2)OC(=O)O1. The normalized spacial score (nSPS) is 23.4. The van der Waals surface area contributed by atoms with Crippen molar-refractivity contribution >= 4 is 6.16 Å². The fourth-order valence-electron chi connectivity index (χ4n) is 1.54. The molecule has 3 heteroatoms. The number of benzene rings is 1. The number of allylic oxidation sites excluding steroid dienone is 1. The van der Waals surface area contributed by atoms with Gasteiger partial charge in [-0.1, -0.05) is 30.3 Å². The summed E-state index contributed by atoms with van der Waals surface area (Å²) in [6.45, 7) is 1.84. The largest absolute Gasteiger partial charge is 0.514 e. The molecule has 2 rings (SSSR count). The molecule has 0 N–H and O–H groups in total. The van der Waals surface area contributed by atoms with Crippen LogP contribution in [0.3, 0.4) is 0 Å². The van der Waals surface area contributed by atoms with Gasteiger partial charge in [-0.05, 0) is 18.6 Å². The highest BCUT2D eigenvalue weighted by atomic mass is 16.7. The molecule has 1 atom stereocenters. The van der Waals surface area contributed by atoms with Crippen molar-refractivity contribution in [3.63, 3.8) is 0 Å². The van der Waals surface area contributed by atoms with Crippen LogP contribution in [0.1, 0.15) is 25.0 Å². The number of hydrogen-bond acceptors (Lipinski definition) is 3. The van der Waals surface area contributed by atoms with Crippen LogP contribution in [0.15, 0.2) is 42.2 Å². The summed E-state index contributed by atoms with van der Waals surface area (Å²) in [4.78, 5) is 11.1. The number of carbonyl (C=O) groups excluding carboxylic acids is 1. The molecular weight excluding hydrogens is 192 g/mol. The number of hydrogen-bond donors (Lipinski definition) is 0. The number of carbonyl (C=O) groups is 1. The molecule has 1 fully saturated rings. The fraction of sp³-hybridized carbons (Fsp3) is 0.250. The predicted octanol–water partition coefficient (Wildman–Crippen LogP) is 3.19. The summed E-state index contributed by atoms with van der Waals surface area (Å²) < 4.78 is 9.99. The van der Waals surface area contributed by atoms with Crippen molar-refractivity contribution in [2.24, 2.45) is 0 Å². The van der Waals surface area contributed by atoms with E-state index in [9.17, 15) is 4.79 Å². The van der Waals surface area contributed by atoms with Gasteiger partial charge in [0, 0.05) is 6.42 Å². The monoisotopic (exact) mass is 204 g/mol. The molecule has 15 heavy (non-hydrogen) atoms. The minimum Gasteiger partial charge on any atom is -0.425 e. The van der Waals surface area contributed by atoms with E-state index in [1.807, 2.05) is 37.3 Å². The Bertz CT molecular complexity index is 381. The van der Waals surface area contributed by atoms with Gasteiger partial charge in [-0.25, -0.2) is 4.79 Å². The Hall–Kier alpha value is -1.77. The van der Waals surface area contributed by atoms with Crippen molar-refractivity contribution in [1.82, 2.24) is 0 Å². The van der Waals surface area contributed by atoms with Crippen molar-refractivity contribution < 1.29 is 14.3 Å². The molecule has 0 aliphatic carbocycles. The van der Waals surface area contributed by atoms with Crippen LogP contribution in [-0.2, 0) is 9.47 Å². The van der Waals surface area contributed by atoms with Gasteiger partial charge in [0.2, 0.25) is 0 Å². The molecule has 1 saturated heterocycles. The lowest BCUT2D eigenvalue weighted by Gasteiger charge is -2.24. The molecule has 1 aliphatic rings. The minimum atomic E-state index is -0.622. The number of rotatable bonds is 1. The molecule has 3 nitrogen and oxygen atoms in total. The van der Waals surface area contributed by atoms with E-state index in [0.29, 0.717) is 12.2 Å². The number of ether oxygens (including phenoxy) is 2. The average molecular weight is 204 g/mol. The molecular formula is C12H12O3. The summed E-state index contributed by atoms with van der Waals surface area (Å²) in [7, 11) is 0. The molecule has 0 aromatic heterocycles. The molecule has 0 spiro atoms. The Morgan fingerprint density at radius 3 is 2.73 bits per heavy atom. The minimum absolute atomic E-state index is 0.223. The zero-order valence-corrected chi connectivity index (χ0v) is 8.47. The summed E-state index contributed by atoms with van der Waals surface area (Å²) in [6.07, 6.45) is 1.55. The quantitative estimate of drug-likeness (QED) is 0.659. The van der Waals surface area contributed by atoms with Crippen molar-refractivity contribution in [3.05, 3.63) is 47.7 Å². The Morgan fingerprint density at radius 1 is 1.33 bits per heavy atom. The lowest BCUT2D eigenvalue weighted by atomic mass is 10.1. The van der Waals surface area contributed by atoms with E-state index >= 15 is 0 Å². The van der Waals surface area contributed by atoms with Gasteiger partial charge >= 0.3 is 6.16 Å². The second kappa shape index (κ2) is 4.17. The second-order valence-corrected chi connectivity index (χ2v) is 3.33. The third-order valence-corrected chi connectivity index (χ3v) is 2.33. The van der Waals surface area contributed by atoms with Gasteiger partial charge in [0.25, 0.3) is 0 Å². The maximum atomic E-state index is 11.1. The van der Waals surface area contributed by atoms with Crippen molar-refractivity contribution in [2.45, 2.75) is 19.4 Å². The molecule has 1 aromatic rings. The van der Waals surface area contributed by atoms with Crippen LogP contribution in [0, 0.1) is 0 Å². The van der Waals surface area contributed by atoms with E-state index in [1.165, 1.54) is 0 Å². The van der Waals surface area contributed by atoms with Crippen LogP contribution in [0.25, 0.3) is 0 Å². The van der Waals surface area contributed by atoms with Crippen LogP contribution in [-0.4, -0.2) is 6.16 Å². The molecule has 1 aliphatic heterocycles. The maximum absolute atomic E-state index is 11.1. The van der Waals surface area contributed by atoms with Crippen molar-refractivity contribution in [2.75, 3.05) is 0 Å². The summed E-state index contributed by atoms with van der Waals surface area (Å²) >= 11 is 0. The first-order valence-electron chi connectivity index (χ1n) is 4.88. The fourth-order valence-corrected chi connectivity index (χ4v) is 1.54. The van der Waals surface area contributed by atoms with E-state index < -0.39 is 6.16 Å². The van der Waals surface area contributed by atoms with E-state index in [-0.39, 0.29) is 6.10 Å². The first-order valence-corrected chi connectivity index (χ1v) is 4.88. The molecule has 1 unspecified atom stereocenters. The van der Waals surface area contributed by atoms with Gasteiger partial charge < -0.3 is 9.47 Å². The van der Waals surface area contributed by atoms with Crippen molar-refractivity contribution in [1.29, 1.82) is 0 Å². The van der Waals surface area contributed by atoms with Crippen LogP contribution in [0.5, 0.6) is 0 Å². The molecule has 1 heterocycles. The van der Waals surface area contributed by atoms with Gasteiger partial charge in [0.15, 0.2) is 0 Å². The van der Waals surface area contributed by atoms with Crippen LogP contribution in [0.2, 0.25) is 0 Å². The lowest BCUT2D eigenvalue weighted by Crippen LogP contribution is -2.20. The van der Waals surface area contributed by atoms with Gasteiger partial charge in [-0.2, -0.15) is 0 Å². The molecule has 0 bridgehead atoms. The molecule has 0 saturated carbocycles. The maximum Gasteiger partial charge on any atom is 0.514 e. The summed E-state index contributed by atoms with van der Waals surface area (Å²) in [5, 5.41) is 0. The van der Waals surface area contributed by atoms with Gasteiger partial charge in [0.05, 0.1) is 0 Å². The Morgan fingerprint density at radius 2 is 2.07 bits per heavy atom. The molecule has 0 amide bonds. The van der Waals surface area contributed by atoms with Gasteiger partial charge in [-0.15, -0.1) is 0 Å². The number of cyclic esters (lactones) is 2. The van der Waals surface area contributed by atoms with Gasteiger partial charge in [-0.3, -0.25) is 0 Å². The highest BCUT2D eigenvalue weighted by molar-refractivity contribution is 5.63. The predicted molar refractivity (Wildman–Crippen MR) is 55.1 cm³/mol. The van der Waals surface area contributed by atoms with E-state index in [0.717, 1.165) is 5.56 Å². The first-order chi connectivity index (χ1) is 7.29. The lowest BCUT2D eigenvalue weighted by molar-refractivity contribution is 0.00450. The first kappa shape index (κ1) is 9.77. The molecule has 0 radical (unpaired) electrons. The highest BCUT2D eigenvalue weighted by Crippen LogP contribution is 2.30. The van der Waals surface area contributed by atoms with Crippen LogP contribution < -0.4 is 0 Å². The Kier molecular flexibility index (Phi) is 2.72. The molecule has 78 valence electrons. The zero-order valence-electron chi connectivity index (χ0n) is 8.47. The van der Waals surface area contributed by atoms with Crippen LogP contribution in [0.4, 0.5) is 4.79 Å². The highest BCUT2D eigenvalue weighted by Gasteiger charge is 2.26. The summed E-state index contributed by atoms with van der Waals surface area (Å²) in [6, 6.07) is 9.66. The van der Waals surface area contributed by atoms with E-state index in [4.69, 9.17) is 9.47 Å². The topological polar surface area (TPSA) is 35.5 Å². The zero-order chi connectivity index (χ0) is 10.7. The summed E-state index contributed by atoms with van der Waals surface area (Å²) in [5.41, 5.74) is 0.994. The second-order valence-electron chi connectivity index (χ2n) is 3.33. The average Bonchev–Trinajstić information content (AvgIpc) is 2.29. The smallest absolute Gasteiger partial charge is 0.425 e. The standard InChI is InChI=1S/C12H12O3/c1-2-10-8-11(15-12(13)14-10)9-6-4-3-5-7-9/h2-7,11H,8H2,1H3/b10-2-. The van der Waals surface area contributed by atoms with E-state index in [1.54, 1.807) is 6.08 Å². The Balaban J connectivity index is 2.20. The third-order valence-electron chi connectivity index (χ3n) is 2.33. The Labute approximate surface area is 88.3 Å².